The Morgan fingerprint density at radius 2 is 2.08 bits per heavy atom. The summed E-state index contributed by atoms with van der Waals surface area (Å²) in [5.74, 6) is 1.16. The Kier molecular flexibility index (Phi) is 4.02. The summed E-state index contributed by atoms with van der Waals surface area (Å²) in [6, 6.07) is 3.88. The third-order valence-corrected chi connectivity index (χ3v) is 6.65. The molecule has 0 radical (unpaired) electrons. The second-order valence-electron chi connectivity index (χ2n) is 7.56. The number of nitrogens with zero attached hydrogens (tertiary/aromatic N) is 3. The Hall–Kier alpha value is -1.95. The summed E-state index contributed by atoms with van der Waals surface area (Å²) in [5.41, 5.74) is 2.10. The molecule has 4 rings (SSSR count). The smallest absolute Gasteiger partial charge is 0.251 e. The maximum absolute atomic E-state index is 12.7. The highest BCUT2D eigenvalue weighted by atomic mass is 32.1. The number of hydrogen-bond donors (Lipinski definition) is 0. The van der Waals surface area contributed by atoms with Crippen LogP contribution in [0.4, 0.5) is 0 Å². The van der Waals surface area contributed by atoms with E-state index in [1.54, 1.807) is 24.3 Å². The first-order valence-electron chi connectivity index (χ1n) is 8.88. The molecule has 2 bridgehead atoms. The van der Waals surface area contributed by atoms with Gasteiger partial charge >= 0.3 is 0 Å². The van der Waals surface area contributed by atoms with Gasteiger partial charge in [0, 0.05) is 61.9 Å². The molecule has 2 aromatic rings. The van der Waals surface area contributed by atoms with Crippen LogP contribution in [0.15, 0.2) is 23.1 Å². The van der Waals surface area contributed by atoms with Gasteiger partial charge in [0.1, 0.15) is 0 Å². The normalized spacial score (nSPS) is 22.2. The van der Waals surface area contributed by atoms with Gasteiger partial charge in [0.2, 0.25) is 5.91 Å². The first kappa shape index (κ1) is 16.5. The lowest BCUT2D eigenvalue weighted by molar-refractivity contribution is -0.131. The molecular weight excluding hydrogens is 334 g/mol. The standard InChI is InChI=1S/C19H23N3O2S/c1-11(2)19-20-7-17(25-19)14-5-16-15-4-13(8-21(10-15)12(3)23)9-22(16)18(24)6-14/h5-7,11,13,15H,4,8-10H2,1-3H3/t13-,15+/m0/s1. The predicted molar refractivity (Wildman–Crippen MR) is 99.0 cm³/mol. The van der Waals surface area contributed by atoms with E-state index in [0.717, 1.165) is 34.1 Å². The van der Waals surface area contributed by atoms with Gasteiger partial charge in [0.15, 0.2) is 0 Å². The summed E-state index contributed by atoms with van der Waals surface area (Å²) in [5, 5.41) is 1.09. The summed E-state index contributed by atoms with van der Waals surface area (Å²) < 4.78 is 1.92. The van der Waals surface area contributed by atoms with Crippen LogP contribution in [0.25, 0.3) is 10.4 Å². The van der Waals surface area contributed by atoms with Gasteiger partial charge in [-0.15, -0.1) is 11.3 Å². The van der Waals surface area contributed by atoms with Crippen molar-refractivity contribution < 1.29 is 4.79 Å². The molecule has 4 heterocycles. The van der Waals surface area contributed by atoms with Gasteiger partial charge in [0.25, 0.3) is 5.56 Å². The van der Waals surface area contributed by atoms with Gasteiger partial charge in [-0.3, -0.25) is 9.59 Å². The van der Waals surface area contributed by atoms with Crippen LogP contribution >= 0.6 is 11.3 Å². The molecule has 2 aliphatic heterocycles. The van der Waals surface area contributed by atoms with Crippen molar-refractivity contribution in [3.63, 3.8) is 0 Å². The van der Waals surface area contributed by atoms with Crippen LogP contribution in [0.5, 0.6) is 0 Å². The highest BCUT2D eigenvalue weighted by molar-refractivity contribution is 7.15. The minimum Gasteiger partial charge on any atom is -0.342 e. The van der Waals surface area contributed by atoms with E-state index >= 15 is 0 Å². The topological polar surface area (TPSA) is 55.2 Å². The monoisotopic (exact) mass is 357 g/mol. The molecule has 1 amide bonds. The number of aromatic nitrogens is 2. The van der Waals surface area contributed by atoms with Crippen molar-refractivity contribution in [1.82, 2.24) is 14.5 Å². The molecule has 0 unspecified atom stereocenters. The number of carbonyl (C=O) groups is 1. The Bertz CT molecular complexity index is 883. The molecule has 0 N–H and O–H groups in total. The molecule has 5 nitrogen and oxygen atoms in total. The summed E-state index contributed by atoms with van der Waals surface area (Å²) >= 11 is 1.66. The number of piperidine rings is 1. The van der Waals surface area contributed by atoms with Gasteiger partial charge in [-0.25, -0.2) is 4.98 Å². The zero-order chi connectivity index (χ0) is 17.7. The lowest BCUT2D eigenvalue weighted by Gasteiger charge is -2.42. The SMILES string of the molecule is CC(=O)N1C[C@@H]2C[C@H](C1)c1cc(-c3cnc(C(C)C)s3)cc(=O)n1C2. The number of likely N-dealkylation sites (tertiary alicyclic amines) is 1. The number of hydrogen-bond acceptors (Lipinski definition) is 4. The van der Waals surface area contributed by atoms with Crippen molar-refractivity contribution in [2.24, 2.45) is 5.92 Å². The van der Waals surface area contributed by atoms with E-state index in [1.165, 1.54) is 0 Å². The fraction of sp³-hybridized carbons (Fsp3) is 0.526. The van der Waals surface area contributed by atoms with Gasteiger partial charge in [-0.05, 0) is 18.4 Å². The lowest BCUT2D eigenvalue weighted by atomic mass is 9.82. The second-order valence-corrected chi connectivity index (χ2v) is 8.62. The van der Waals surface area contributed by atoms with Crippen LogP contribution in [0.1, 0.15) is 49.7 Å². The molecule has 2 aliphatic rings. The van der Waals surface area contributed by atoms with Crippen molar-refractivity contribution in [2.75, 3.05) is 13.1 Å². The van der Waals surface area contributed by atoms with Crippen LogP contribution in [0, 0.1) is 5.92 Å². The number of pyridine rings is 1. The summed E-state index contributed by atoms with van der Waals surface area (Å²) in [6.07, 6.45) is 2.94. The Morgan fingerprint density at radius 1 is 1.28 bits per heavy atom. The Morgan fingerprint density at radius 3 is 2.76 bits per heavy atom. The minimum absolute atomic E-state index is 0.0676. The Labute approximate surface area is 151 Å². The van der Waals surface area contributed by atoms with E-state index in [1.807, 2.05) is 15.7 Å². The highest BCUT2D eigenvalue weighted by Crippen LogP contribution is 2.37. The fourth-order valence-corrected chi connectivity index (χ4v) is 4.95. The van der Waals surface area contributed by atoms with Crippen molar-refractivity contribution >= 4 is 17.2 Å². The predicted octanol–water partition coefficient (Wildman–Crippen LogP) is 3.06. The first-order valence-corrected chi connectivity index (χ1v) is 9.70. The molecule has 0 aliphatic carbocycles. The molecule has 2 aromatic heterocycles. The summed E-state index contributed by atoms with van der Waals surface area (Å²) in [6.45, 7) is 8.09. The van der Waals surface area contributed by atoms with Gasteiger partial charge in [-0.2, -0.15) is 0 Å². The third kappa shape index (κ3) is 2.92. The van der Waals surface area contributed by atoms with E-state index in [-0.39, 0.29) is 17.4 Å². The van der Waals surface area contributed by atoms with E-state index in [2.05, 4.69) is 24.9 Å². The van der Waals surface area contributed by atoms with Gasteiger partial charge in [-0.1, -0.05) is 13.8 Å². The van der Waals surface area contributed by atoms with Crippen molar-refractivity contribution in [3.05, 3.63) is 39.4 Å². The quantitative estimate of drug-likeness (QED) is 0.830. The molecule has 0 saturated carbocycles. The highest BCUT2D eigenvalue weighted by Gasteiger charge is 2.35. The molecule has 0 aromatic carbocycles. The van der Waals surface area contributed by atoms with Crippen molar-refractivity contribution in [3.8, 4) is 10.4 Å². The molecule has 0 spiro atoms. The lowest BCUT2D eigenvalue weighted by Crippen LogP contribution is -2.48. The molecule has 2 atom stereocenters. The van der Waals surface area contributed by atoms with Gasteiger partial charge < -0.3 is 9.47 Å². The molecule has 1 saturated heterocycles. The second kappa shape index (κ2) is 6.09. The van der Waals surface area contributed by atoms with Gasteiger partial charge in [0.05, 0.1) is 9.88 Å². The maximum Gasteiger partial charge on any atom is 0.251 e. The summed E-state index contributed by atoms with van der Waals surface area (Å²) in [7, 11) is 0. The average molecular weight is 357 g/mol. The van der Waals surface area contributed by atoms with E-state index in [4.69, 9.17) is 0 Å². The maximum atomic E-state index is 12.7. The number of fused-ring (bicyclic) bond motifs is 4. The number of thiazole rings is 1. The van der Waals surface area contributed by atoms with Crippen molar-refractivity contribution in [2.45, 2.75) is 45.6 Å². The minimum atomic E-state index is 0.0676. The molecule has 6 heteroatoms. The fourth-order valence-electron chi connectivity index (χ4n) is 4.05. The number of rotatable bonds is 2. The zero-order valence-electron chi connectivity index (χ0n) is 14.9. The third-order valence-electron chi connectivity index (χ3n) is 5.30. The molecule has 132 valence electrons. The molecule has 25 heavy (non-hydrogen) atoms. The molecule has 1 fully saturated rings. The van der Waals surface area contributed by atoms with Crippen LogP contribution in [0.2, 0.25) is 0 Å². The summed E-state index contributed by atoms with van der Waals surface area (Å²) in [4.78, 5) is 32.0. The van der Waals surface area contributed by atoms with Crippen LogP contribution in [-0.2, 0) is 11.3 Å². The Balaban J connectivity index is 1.74. The van der Waals surface area contributed by atoms with Crippen LogP contribution in [-0.4, -0.2) is 33.4 Å². The van der Waals surface area contributed by atoms with Crippen LogP contribution < -0.4 is 5.56 Å². The van der Waals surface area contributed by atoms with Crippen LogP contribution in [0.3, 0.4) is 0 Å². The number of amides is 1. The first-order chi connectivity index (χ1) is 11.9. The number of carbonyl (C=O) groups excluding carboxylic acids is 1. The van der Waals surface area contributed by atoms with E-state index < -0.39 is 0 Å². The van der Waals surface area contributed by atoms with Crippen molar-refractivity contribution in [1.29, 1.82) is 0 Å². The zero-order valence-corrected chi connectivity index (χ0v) is 15.7. The largest absolute Gasteiger partial charge is 0.342 e. The van der Waals surface area contributed by atoms with E-state index in [9.17, 15) is 9.59 Å². The van der Waals surface area contributed by atoms with E-state index in [0.29, 0.717) is 24.9 Å². The molecular formula is C19H23N3O2S. The average Bonchev–Trinajstić information content (AvgIpc) is 3.06.